The minimum atomic E-state index is -4.81. The van der Waals surface area contributed by atoms with Crippen molar-refractivity contribution in [3.05, 3.63) is 53.6 Å². The maximum Gasteiger partial charge on any atom is 0.573 e. The largest absolute Gasteiger partial charge is 0.573 e. The SMILES string of the molecule is CC1Cc2cc(S(N)(=O)=O)ccc2N1C(=O)CN(C)Cc1ccccc1OC(F)(F)F. The number of hydrogen-bond acceptors (Lipinski definition) is 5. The highest BCUT2D eigenvalue weighted by Gasteiger charge is 2.33. The number of primary sulfonamides is 1. The molecule has 1 aliphatic rings. The molecule has 0 saturated heterocycles. The fourth-order valence-electron chi connectivity index (χ4n) is 3.68. The number of benzene rings is 2. The Kier molecular flexibility index (Phi) is 6.30. The maximum atomic E-state index is 12.9. The van der Waals surface area contributed by atoms with E-state index in [9.17, 15) is 26.4 Å². The Bertz CT molecular complexity index is 1090. The van der Waals surface area contributed by atoms with Crippen molar-refractivity contribution in [2.45, 2.75) is 37.2 Å². The predicted molar refractivity (Wildman–Crippen MR) is 108 cm³/mol. The summed E-state index contributed by atoms with van der Waals surface area (Å²) in [4.78, 5) is 16.1. The monoisotopic (exact) mass is 457 g/mol. The van der Waals surface area contributed by atoms with E-state index in [-0.39, 0.29) is 35.7 Å². The van der Waals surface area contributed by atoms with Crippen molar-refractivity contribution in [2.75, 3.05) is 18.5 Å². The number of nitrogens with zero attached hydrogens (tertiary/aromatic N) is 2. The summed E-state index contributed by atoms with van der Waals surface area (Å²) in [7, 11) is -2.23. The molecule has 0 bridgehead atoms. The average Bonchev–Trinajstić information content (AvgIpc) is 2.96. The first-order chi connectivity index (χ1) is 14.3. The van der Waals surface area contributed by atoms with Gasteiger partial charge in [0.2, 0.25) is 15.9 Å². The molecule has 1 aliphatic heterocycles. The molecular formula is C20H22F3N3O4S. The summed E-state index contributed by atoms with van der Waals surface area (Å²) in [6, 6.07) is 9.91. The average molecular weight is 457 g/mol. The zero-order valence-corrected chi connectivity index (χ0v) is 17.7. The molecule has 0 aromatic heterocycles. The third-order valence-electron chi connectivity index (χ3n) is 4.91. The summed E-state index contributed by atoms with van der Waals surface area (Å²) >= 11 is 0. The molecule has 2 N–H and O–H groups in total. The third kappa shape index (κ3) is 5.54. The van der Waals surface area contributed by atoms with Gasteiger partial charge >= 0.3 is 6.36 Å². The highest BCUT2D eigenvalue weighted by Crippen LogP contribution is 2.34. The first kappa shape index (κ1) is 23.0. The molecule has 168 valence electrons. The molecule has 7 nitrogen and oxygen atoms in total. The van der Waals surface area contributed by atoms with Crippen molar-refractivity contribution < 1.29 is 31.1 Å². The normalized spacial score (nSPS) is 16.5. The Hall–Kier alpha value is -2.63. The second kappa shape index (κ2) is 8.48. The van der Waals surface area contributed by atoms with Gasteiger partial charge in [-0.2, -0.15) is 0 Å². The van der Waals surface area contributed by atoms with Crippen LogP contribution in [0, 0.1) is 0 Å². The Morgan fingerprint density at radius 1 is 1.26 bits per heavy atom. The van der Waals surface area contributed by atoms with E-state index >= 15 is 0 Å². The summed E-state index contributed by atoms with van der Waals surface area (Å²) < 4.78 is 65.1. The van der Waals surface area contributed by atoms with Crippen LogP contribution in [-0.2, 0) is 27.8 Å². The lowest BCUT2D eigenvalue weighted by atomic mass is 10.1. The van der Waals surface area contributed by atoms with E-state index in [1.54, 1.807) is 29.0 Å². The van der Waals surface area contributed by atoms with Gasteiger partial charge in [-0.3, -0.25) is 9.69 Å². The van der Waals surface area contributed by atoms with Gasteiger partial charge in [0.1, 0.15) is 5.75 Å². The van der Waals surface area contributed by atoms with E-state index < -0.39 is 16.4 Å². The van der Waals surface area contributed by atoms with E-state index in [2.05, 4.69) is 4.74 Å². The molecule has 2 aromatic rings. The van der Waals surface area contributed by atoms with Crippen molar-refractivity contribution in [1.82, 2.24) is 4.90 Å². The minimum Gasteiger partial charge on any atom is -0.405 e. The van der Waals surface area contributed by atoms with Gasteiger partial charge in [0.05, 0.1) is 11.4 Å². The van der Waals surface area contributed by atoms with Crippen molar-refractivity contribution in [3.8, 4) is 5.75 Å². The zero-order chi connectivity index (χ0) is 23.0. The molecule has 0 spiro atoms. The highest BCUT2D eigenvalue weighted by atomic mass is 32.2. The van der Waals surface area contributed by atoms with Crippen LogP contribution in [0.4, 0.5) is 18.9 Å². The first-order valence-electron chi connectivity index (χ1n) is 9.35. The lowest BCUT2D eigenvalue weighted by molar-refractivity contribution is -0.275. The molecule has 1 heterocycles. The van der Waals surface area contributed by atoms with E-state index in [0.717, 1.165) is 0 Å². The molecule has 0 aliphatic carbocycles. The molecule has 0 saturated carbocycles. The van der Waals surface area contributed by atoms with Gasteiger partial charge < -0.3 is 9.64 Å². The number of fused-ring (bicyclic) bond motifs is 1. The van der Waals surface area contributed by atoms with Gasteiger partial charge in [0.25, 0.3) is 0 Å². The first-order valence-corrected chi connectivity index (χ1v) is 10.9. The van der Waals surface area contributed by atoms with Gasteiger partial charge in [-0.15, -0.1) is 13.2 Å². The lowest BCUT2D eigenvalue weighted by Crippen LogP contribution is -2.42. The van der Waals surface area contributed by atoms with Crippen LogP contribution in [0.25, 0.3) is 0 Å². The van der Waals surface area contributed by atoms with E-state index in [4.69, 9.17) is 5.14 Å². The van der Waals surface area contributed by atoms with Crippen LogP contribution in [0.3, 0.4) is 0 Å². The highest BCUT2D eigenvalue weighted by molar-refractivity contribution is 7.89. The maximum absolute atomic E-state index is 12.9. The van der Waals surface area contributed by atoms with E-state index in [0.29, 0.717) is 23.2 Å². The number of carbonyl (C=O) groups is 1. The zero-order valence-electron chi connectivity index (χ0n) is 16.9. The molecule has 31 heavy (non-hydrogen) atoms. The van der Waals surface area contributed by atoms with Crippen molar-refractivity contribution >= 4 is 21.6 Å². The number of anilines is 1. The van der Waals surface area contributed by atoms with Crippen LogP contribution in [0.5, 0.6) is 5.75 Å². The molecule has 2 aromatic carbocycles. The molecule has 0 radical (unpaired) electrons. The van der Waals surface area contributed by atoms with Gasteiger partial charge in [-0.25, -0.2) is 13.6 Å². The molecule has 1 atom stereocenters. The number of ether oxygens (including phenoxy) is 1. The smallest absolute Gasteiger partial charge is 0.405 e. The topological polar surface area (TPSA) is 92.9 Å². The summed E-state index contributed by atoms with van der Waals surface area (Å²) in [6.45, 7) is 1.85. The quantitative estimate of drug-likeness (QED) is 0.720. The molecule has 1 amide bonds. The molecule has 1 unspecified atom stereocenters. The standard InChI is InChI=1S/C20H22F3N3O4S/c1-13-9-15-10-16(31(24,28)29)7-8-17(15)26(13)19(27)12-25(2)11-14-5-3-4-6-18(14)30-20(21,22)23/h3-8,10,13H,9,11-12H2,1-2H3,(H2,24,28,29). The van der Waals surface area contributed by atoms with Crippen molar-refractivity contribution in [2.24, 2.45) is 5.14 Å². The molecule has 11 heteroatoms. The van der Waals surface area contributed by atoms with Crippen molar-refractivity contribution in [1.29, 1.82) is 0 Å². The number of hydrogen-bond donors (Lipinski definition) is 1. The Morgan fingerprint density at radius 2 is 1.94 bits per heavy atom. The number of halogens is 3. The van der Waals surface area contributed by atoms with Gasteiger partial charge in [-0.1, -0.05) is 18.2 Å². The fraction of sp³-hybridized carbons (Fsp3) is 0.350. The van der Waals surface area contributed by atoms with Gasteiger partial charge in [-0.05, 0) is 50.2 Å². The van der Waals surface area contributed by atoms with E-state index in [1.807, 2.05) is 6.92 Å². The molecule has 3 rings (SSSR count). The van der Waals surface area contributed by atoms with Gasteiger partial charge in [0.15, 0.2) is 0 Å². The minimum absolute atomic E-state index is 0.0221. The van der Waals surface area contributed by atoms with Crippen LogP contribution in [-0.4, -0.2) is 45.2 Å². The van der Waals surface area contributed by atoms with Crippen molar-refractivity contribution in [3.63, 3.8) is 0 Å². The van der Waals surface area contributed by atoms with Crippen LogP contribution in [0.2, 0.25) is 0 Å². The van der Waals surface area contributed by atoms with Crippen LogP contribution >= 0.6 is 0 Å². The van der Waals surface area contributed by atoms with Crippen LogP contribution < -0.4 is 14.8 Å². The summed E-state index contributed by atoms with van der Waals surface area (Å²) in [5.41, 5.74) is 1.58. The molecule has 0 fully saturated rings. The summed E-state index contributed by atoms with van der Waals surface area (Å²) in [6.07, 6.45) is -4.34. The molecular weight excluding hydrogens is 435 g/mol. The fourth-order valence-corrected chi connectivity index (χ4v) is 4.24. The van der Waals surface area contributed by atoms with Crippen LogP contribution in [0.1, 0.15) is 18.1 Å². The number of rotatable bonds is 6. The number of amides is 1. The number of sulfonamides is 1. The Morgan fingerprint density at radius 3 is 2.58 bits per heavy atom. The number of likely N-dealkylation sites (N-methyl/N-ethyl adjacent to an activating group) is 1. The number of nitrogens with two attached hydrogens (primary N) is 1. The summed E-state index contributed by atoms with van der Waals surface area (Å²) in [5, 5.41) is 5.17. The second-order valence-electron chi connectivity index (χ2n) is 7.48. The summed E-state index contributed by atoms with van der Waals surface area (Å²) in [5.74, 6) is -0.573. The second-order valence-corrected chi connectivity index (χ2v) is 9.04. The third-order valence-corrected chi connectivity index (χ3v) is 5.82. The van der Waals surface area contributed by atoms with E-state index in [1.165, 1.54) is 30.3 Å². The lowest BCUT2D eigenvalue weighted by Gasteiger charge is -2.26. The Labute approximate surface area is 178 Å². The van der Waals surface area contributed by atoms with Gasteiger partial charge in [0, 0.05) is 23.8 Å². The Balaban J connectivity index is 1.73. The van der Waals surface area contributed by atoms with Crippen LogP contribution in [0.15, 0.2) is 47.4 Å². The number of para-hydroxylation sites is 1. The number of carbonyl (C=O) groups excluding carboxylic acids is 1. The predicted octanol–water partition coefficient (Wildman–Crippen LogP) is 2.64. The number of alkyl halides is 3.